The standard InChI is InChI=1S/C10H18N4O2/c1-8(2)6-14-7-9(5-12-14)13-10(16)11-3-4-15/h5,7-8,15H,3-4,6H2,1-2H3,(H2,11,13,16). The smallest absolute Gasteiger partial charge is 0.319 e. The van der Waals surface area contributed by atoms with E-state index < -0.39 is 0 Å². The average Bonchev–Trinajstić information content (AvgIpc) is 2.61. The van der Waals surface area contributed by atoms with Crippen molar-refractivity contribution in [3.63, 3.8) is 0 Å². The molecule has 1 heterocycles. The van der Waals surface area contributed by atoms with Crippen LogP contribution in [-0.4, -0.2) is 34.1 Å². The highest BCUT2D eigenvalue weighted by molar-refractivity contribution is 5.88. The molecule has 90 valence electrons. The highest BCUT2D eigenvalue weighted by Gasteiger charge is 2.04. The van der Waals surface area contributed by atoms with Crippen LogP contribution in [0.15, 0.2) is 12.4 Å². The van der Waals surface area contributed by atoms with Gasteiger partial charge in [0.25, 0.3) is 0 Å². The molecule has 0 aliphatic rings. The van der Waals surface area contributed by atoms with Gasteiger partial charge in [0.15, 0.2) is 0 Å². The monoisotopic (exact) mass is 226 g/mol. The van der Waals surface area contributed by atoms with Crippen molar-refractivity contribution in [3.8, 4) is 0 Å². The first-order chi connectivity index (χ1) is 7.61. The van der Waals surface area contributed by atoms with E-state index in [4.69, 9.17) is 5.11 Å². The maximum atomic E-state index is 11.2. The van der Waals surface area contributed by atoms with E-state index >= 15 is 0 Å². The van der Waals surface area contributed by atoms with E-state index in [9.17, 15) is 4.79 Å². The van der Waals surface area contributed by atoms with Crippen molar-refractivity contribution in [2.45, 2.75) is 20.4 Å². The van der Waals surface area contributed by atoms with Gasteiger partial charge in [-0.15, -0.1) is 0 Å². The molecule has 0 saturated heterocycles. The Hall–Kier alpha value is -1.56. The Bertz CT molecular complexity index is 335. The molecule has 0 radical (unpaired) electrons. The number of nitrogens with one attached hydrogen (secondary N) is 2. The van der Waals surface area contributed by atoms with E-state index in [0.717, 1.165) is 6.54 Å². The van der Waals surface area contributed by atoms with Gasteiger partial charge in [0.1, 0.15) is 0 Å². The molecular formula is C10H18N4O2. The summed E-state index contributed by atoms with van der Waals surface area (Å²) in [5.41, 5.74) is 0.649. The van der Waals surface area contributed by atoms with Gasteiger partial charge in [-0.1, -0.05) is 13.8 Å². The number of urea groups is 1. The maximum absolute atomic E-state index is 11.2. The first-order valence-electron chi connectivity index (χ1n) is 5.30. The van der Waals surface area contributed by atoms with Gasteiger partial charge >= 0.3 is 6.03 Å². The molecule has 2 amide bonds. The summed E-state index contributed by atoms with van der Waals surface area (Å²) in [6.45, 7) is 5.19. The van der Waals surface area contributed by atoms with Crippen LogP contribution in [0.3, 0.4) is 0 Å². The van der Waals surface area contributed by atoms with Crippen molar-refractivity contribution in [1.29, 1.82) is 0 Å². The second-order valence-electron chi connectivity index (χ2n) is 3.95. The number of nitrogens with zero attached hydrogens (tertiary/aromatic N) is 2. The number of hydrogen-bond acceptors (Lipinski definition) is 3. The van der Waals surface area contributed by atoms with Crippen molar-refractivity contribution in [1.82, 2.24) is 15.1 Å². The average molecular weight is 226 g/mol. The lowest BCUT2D eigenvalue weighted by Crippen LogP contribution is -2.30. The van der Waals surface area contributed by atoms with Crippen LogP contribution in [0, 0.1) is 5.92 Å². The van der Waals surface area contributed by atoms with Gasteiger partial charge in [0.05, 0.1) is 18.5 Å². The van der Waals surface area contributed by atoms with Crippen molar-refractivity contribution in [3.05, 3.63) is 12.4 Å². The summed E-state index contributed by atoms with van der Waals surface area (Å²) in [7, 11) is 0. The highest BCUT2D eigenvalue weighted by atomic mass is 16.3. The number of amides is 2. The summed E-state index contributed by atoms with van der Waals surface area (Å²) < 4.78 is 1.78. The van der Waals surface area contributed by atoms with Gasteiger partial charge in [-0.2, -0.15) is 5.10 Å². The Balaban J connectivity index is 2.42. The van der Waals surface area contributed by atoms with E-state index in [1.165, 1.54) is 0 Å². The predicted octanol–water partition coefficient (Wildman–Crippen LogP) is 0.653. The Morgan fingerprint density at radius 1 is 1.62 bits per heavy atom. The van der Waals surface area contributed by atoms with Crippen LogP contribution in [0.25, 0.3) is 0 Å². The molecule has 1 aromatic rings. The number of anilines is 1. The van der Waals surface area contributed by atoms with Gasteiger partial charge in [-0.3, -0.25) is 4.68 Å². The zero-order valence-corrected chi connectivity index (χ0v) is 9.60. The molecule has 0 aliphatic carbocycles. The molecule has 0 aromatic carbocycles. The summed E-state index contributed by atoms with van der Waals surface area (Å²) in [5, 5.41) is 17.8. The van der Waals surface area contributed by atoms with Gasteiger partial charge in [0, 0.05) is 19.3 Å². The quantitative estimate of drug-likeness (QED) is 0.689. The molecule has 1 rings (SSSR count). The molecule has 1 aromatic heterocycles. The van der Waals surface area contributed by atoms with Crippen molar-refractivity contribution >= 4 is 11.7 Å². The van der Waals surface area contributed by atoms with Crippen molar-refractivity contribution in [2.75, 3.05) is 18.5 Å². The molecule has 0 saturated carbocycles. The SMILES string of the molecule is CC(C)Cn1cc(NC(=O)NCCO)cn1. The highest BCUT2D eigenvalue weighted by Crippen LogP contribution is 2.06. The molecule has 6 heteroatoms. The van der Waals surface area contributed by atoms with E-state index in [-0.39, 0.29) is 19.2 Å². The summed E-state index contributed by atoms with van der Waals surface area (Å²) in [4.78, 5) is 11.2. The molecule has 0 spiro atoms. The van der Waals surface area contributed by atoms with E-state index in [2.05, 4.69) is 29.6 Å². The van der Waals surface area contributed by atoms with Crippen molar-refractivity contribution < 1.29 is 9.90 Å². The van der Waals surface area contributed by atoms with Gasteiger partial charge in [-0.05, 0) is 5.92 Å². The second kappa shape index (κ2) is 6.12. The number of hydrogen-bond donors (Lipinski definition) is 3. The van der Waals surface area contributed by atoms with Gasteiger partial charge in [-0.25, -0.2) is 4.79 Å². The molecular weight excluding hydrogens is 208 g/mol. The summed E-state index contributed by atoms with van der Waals surface area (Å²) >= 11 is 0. The molecule has 0 atom stereocenters. The molecule has 0 aliphatic heterocycles. The van der Waals surface area contributed by atoms with Crippen LogP contribution < -0.4 is 10.6 Å². The molecule has 0 fully saturated rings. The Kier molecular flexibility index (Phi) is 4.78. The fourth-order valence-corrected chi connectivity index (χ4v) is 1.25. The number of aliphatic hydroxyl groups is 1. The Labute approximate surface area is 94.6 Å². The Morgan fingerprint density at radius 3 is 3.00 bits per heavy atom. The molecule has 0 bridgehead atoms. The van der Waals surface area contributed by atoms with Crippen LogP contribution in [-0.2, 0) is 6.54 Å². The minimum atomic E-state index is -0.335. The van der Waals surface area contributed by atoms with Crippen LogP contribution in [0.4, 0.5) is 10.5 Å². The van der Waals surface area contributed by atoms with Crippen LogP contribution in [0.1, 0.15) is 13.8 Å². The first kappa shape index (κ1) is 12.5. The number of carbonyl (C=O) groups is 1. The minimum Gasteiger partial charge on any atom is -0.395 e. The first-order valence-corrected chi connectivity index (χ1v) is 5.30. The van der Waals surface area contributed by atoms with Crippen LogP contribution in [0.5, 0.6) is 0 Å². The third-order valence-corrected chi connectivity index (χ3v) is 1.84. The zero-order chi connectivity index (χ0) is 12.0. The zero-order valence-electron chi connectivity index (χ0n) is 9.60. The topological polar surface area (TPSA) is 79.2 Å². The summed E-state index contributed by atoms with van der Waals surface area (Å²) in [6, 6.07) is -0.335. The fraction of sp³-hybridized carbons (Fsp3) is 0.600. The van der Waals surface area contributed by atoms with Crippen LogP contribution in [0.2, 0.25) is 0 Å². The lowest BCUT2D eigenvalue weighted by Gasteiger charge is -2.04. The van der Waals surface area contributed by atoms with E-state index in [1.807, 2.05) is 0 Å². The number of aromatic nitrogens is 2. The third kappa shape index (κ3) is 4.31. The minimum absolute atomic E-state index is 0.0694. The van der Waals surface area contributed by atoms with Crippen molar-refractivity contribution in [2.24, 2.45) is 5.92 Å². The summed E-state index contributed by atoms with van der Waals surface area (Å²) in [5.74, 6) is 0.510. The second-order valence-corrected chi connectivity index (χ2v) is 3.95. The Morgan fingerprint density at radius 2 is 2.38 bits per heavy atom. The lowest BCUT2D eigenvalue weighted by atomic mass is 10.2. The predicted molar refractivity (Wildman–Crippen MR) is 61.2 cm³/mol. The number of aliphatic hydroxyl groups excluding tert-OH is 1. The molecule has 16 heavy (non-hydrogen) atoms. The van der Waals surface area contributed by atoms with E-state index in [1.54, 1.807) is 17.1 Å². The number of carbonyl (C=O) groups excluding carboxylic acids is 1. The molecule has 0 unspecified atom stereocenters. The van der Waals surface area contributed by atoms with Gasteiger partial charge < -0.3 is 15.7 Å². The van der Waals surface area contributed by atoms with Gasteiger partial charge in [0.2, 0.25) is 0 Å². The normalized spacial score (nSPS) is 10.5. The molecule has 6 nitrogen and oxygen atoms in total. The summed E-state index contributed by atoms with van der Waals surface area (Å²) in [6.07, 6.45) is 3.37. The molecule has 3 N–H and O–H groups in total. The fourth-order valence-electron chi connectivity index (χ4n) is 1.25. The number of rotatable bonds is 5. The maximum Gasteiger partial charge on any atom is 0.319 e. The largest absolute Gasteiger partial charge is 0.395 e. The van der Waals surface area contributed by atoms with Crippen LogP contribution >= 0.6 is 0 Å². The van der Waals surface area contributed by atoms with E-state index in [0.29, 0.717) is 11.6 Å². The third-order valence-electron chi connectivity index (χ3n) is 1.84. The lowest BCUT2D eigenvalue weighted by molar-refractivity contribution is 0.245.